The van der Waals surface area contributed by atoms with Gasteiger partial charge in [-0.15, -0.1) is 24.0 Å². The molecular formula is C21H36IN3O2. The monoisotopic (exact) mass is 489 g/mol. The molecule has 1 aliphatic heterocycles. The maximum atomic E-state index is 5.78. The van der Waals surface area contributed by atoms with Crippen LogP contribution in [0.1, 0.15) is 45.6 Å². The van der Waals surface area contributed by atoms with Crippen molar-refractivity contribution in [1.82, 2.24) is 10.2 Å². The summed E-state index contributed by atoms with van der Waals surface area (Å²) in [4.78, 5) is 7.06. The molecule has 154 valence electrons. The van der Waals surface area contributed by atoms with E-state index in [2.05, 4.69) is 36.3 Å². The van der Waals surface area contributed by atoms with Crippen LogP contribution in [0.5, 0.6) is 5.75 Å². The van der Waals surface area contributed by atoms with Crippen LogP contribution in [0.2, 0.25) is 0 Å². The van der Waals surface area contributed by atoms with Crippen molar-refractivity contribution in [2.45, 2.75) is 52.7 Å². The summed E-state index contributed by atoms with van der Waals surface area (Å²) in [6.07, 6.45) is 3.75. The van der Waals surface area contributed by atoms with Crippen LogP contribution in [0.4, 0.5) is 0 Å². The lowest BCUT2D eigenvalue weighted by Gasteiger charge is -2.26. The van der Waals surface area contributed by atoms with E-state index in [1.165, 1.54) is 19.3 Å². The Balaban J connectivity index is 0.00000364. The zero-order valence-corrected chi connectivity index (χ0v) is 19.6. The smallest absolute Gasteiger partial charge is 0.193 e. The van der Waals surface area contributed by atoms with Gasteiger partial charge < -0.3 is 19.7 Å². The van der Waals surface area contributed by atoms with Gasteiger partial charge in [0.25, 0.3) is 0 Å². The van der Waals surface area contributed by atoms with E-state index in [0.29, 0.717) is 6.54 Å². The molecule has 0 amide bonds. The average Bonchev–Trinajstić information content (AvgIpc) is 2.64. The van der Waals surface area contributed by atoms with Crippen LogP contribution in [0.25, 0.3) is 0 Å². The van der Waals surface area contributed by atoms with Gasteiger partial charge in [0.1, 0.15) is 5.75 Å². The summed E-state index contributed by atoms with van der Waals surface area (Å²) in [5.74, 6) is 2.65. The Bertz CT molecular complexity index is 560. The molecule has 5 nitrogen and oxygen atoms in total. The molecule has 0 saturated carbocycles. The van der Waals surface area contributed by atoms with Crippen molar-refractivity contribution >= 4 is 29.9 Å². The van der Waals surface area contributed by atoms with E-state index < -0.39 is 0 Å². The van der Waals surface area contributed by atoms with Gasteiger partial charge in [-0.3, -0.25) is 0 Å². The SMILES string of the molecule is CCNC(=NCc1cccc(OC(C)C)c1)N(C)CCC1CCOCC1.I. The fourth-order valence-corrected chi connectivity index (χ4v) is 3.14. The molecule has 0 spiro atoms. The molecule has 2 rings (SSSR count). The fourth-order valence-electron chi connectivity index (χ4n) is 3.14. The van der Waals surface area contributed by atoms with Crippen LogP contribution in [-0.2, 0) is 11.3 Å². The zero-order chi connectivity index (χ0) is 18.8. The summed E-state index contributed by atoms with van der Waals surface area (Å²) >= 11 is 0. The second kappa shape index (κ2) is 13.2. The van der Waals surface area contributed by atoms with Crippen molar-refractivity contribution in [2.24, 2.45) is 10.9 Å². The second-order valence-electron chi connectivity index (χ2n) is 7.25. The molecule has 1 saturated heterocycles. The van der Waals surface area contributed by atoms with Gasteiger partial charge in [-0.05, 0) is 63.6 Å². The van der Waals surface area contributed by atoms with E-state index in [1.54, 1.807) is 0 Å². The first-order chi connectivity index (χ1) is 12.6. The molecule has 6 heteroatoms. The third-order valence-corrected chi connectivity index (χ3v) is 4.59. The van der Waals surface area contributed by atoms with Gasteiger partial charge in [0.2, 0.25) is 0 Å². The summed E-state index contributed by atoms with van der Waals surface area (Å²) in [6, 6.07) is 8.21. The highest BCUT2D eigenvalue weighted by Crippen LogP contribution is 2.19. The number of aliphatic imine (C=N–C) groups is 1. The lowest BCUT2D eigenvalue weighted by Crippen LogP contribution is -2.40. The molecule has 0 radical (unpaired) electrons. The third-order valence-electron chi connectivity index (χ3n) is 4.59. The van der Waals surface area contributed by atoms with Crippen molar-refractivity contribution in [3.63, 3.8) is 0 Å². The van der Waals surface area contributed by atoms with Gasteiger partial charge in [0.05, 0.1) is 12.6 Å². The minimum absolute atomic E-state index is 0. The van der Waals surface area contributed by atoms with Crippen LogP contribution < -0.4 is 10.1 Å². The van der Waals surface area contributed by atoms with Crippen molar-refractivity contribution in [2.75, 3.05) is 33.4 Å². The molecule has 1 heterocycles. The minimum Gasteiger partial charge on any atom is -0.491 e. The maximum absolute atomic E-state index is 5.78. The first-order valence-electron chi connectivity index (χ1n) is 9.91. The Kier molecular flexibility index (Phi) is 11.7. The summed E-state index contributed by atoms with van der Waals surface area (Å²) in [5.41, 5.74) is 1.16. The number of benzene rings is 1. The van der Waals surface area contributed by atoms with E-state index in [0.717, 1.165) is 49.5 Å². The summed E-state index contributed by atoms with van der Waals surface area (Å²) in [5, 5.41) is 3.41. The lowest BCUT2D eigenvalue weighted by molar-refractivity contribution is 0.0625. The third kappa shape index (κ3) is 9.14. The molecule has 0 aromatic heterocycles. The highest BCUT2D eigenvalue weighted by molar-refractivity contribution is 14.0. The van der Waals surface area contributed by atoms with Gasteiger partial charge in [0, 0.05) is 33.4 Å². The number of rotatable bonds is 8. The molecule has 1 aromatic rings. The summed E-state index contributed by atoms with van der Waals surface area (Å²) in [6.45, 7) is 10.6. The van der Waals surface area contributed by atoms with Crippen molar-refractivity contribution in [3.05, 3.63) is 29.8 Å². The predicted octanol–water partition coefficient (Wildman–Crippen LogP) is 4.31. The van der Waals surface area contributed by atoms with Crippen molar-refractivity contribution < 1.29 is 9.47 Å². The zero-order valence-electron chi connectivity index (χ0n) is 17.2. The maximum Gasteiger partial charge on any atom is 0.193 e. The van der Waals surface area contributed by atoms with E-state index in [9.17, 15) is 0 Å². The molecular weight excluding hydrogens is 453 g/mol. The predicted molar refractivity (Wildman–Crippen MR) is 123 cm³/mol. The van der Waals surface area contributed by atoms with Crippen LogP contribution in [-0.4, -0.2) is 50.3 Å². The van der Waals surface area contributed by atoms with Gasteiger partial charge in [-0.1, -0.05) is 12.1 Å². The van der Waals surface area contributed by atoms with Gasteiger partial charge in [-0.25, -0.2) is 4.99 Å². The van der Waals surface area contributed by atoms with E-state index >= 15 is 0 Å². The highest BCUT2D eigenvalue weighted by atomic mass is 127. The fraction of sp³-hybridized carbons (Fsp3) is 0.667. The number of ether oxygens (including phenoxy) is 2. The summed E-state index contributed by atoms with van der Waals surface area (Å²) in [7, 11) is 2.12. The Hall–Kier alpha value is -1.02. The normalized spacial score (nSPS) is 15.4. The molecule has 1 aliphatic rings. The number of hydrogen-bond donors (Lipinski definition) is 1. The minimum atomic E-state index is 0. The molecule has 1 N–H and O–H groups in total. The largest absolute Gasteiger partial charge is 0.491 e. The summed E-state index contributed by atoms with van der Waals surface area (Å²) < 4.78 is 11.2. The van der Waals surface area contributed by atoms with Crippen molar-refractivity contribution in [1.29, 1.82) is 0 Å². The number of nitrogens with one attached hydrogen (secondary N) is 1. The Morgan fingerprint density at radius 3 is 2.74 bits per heavy atom. The average molecular weight is 489 g/mol. The number of nitrogens with zero attached hydrogens (tertiary/aromatic N) is 2. The van der Waals surface area contributed by atoms with Crippen LogP contribution >= 0.6 is 24.0 Å². The molecule has 0 aliphatic carbocycles. The molecule has 0 unspecified atom stereocenters. The molecule has 0 bridgehead atoms. The Morgan fingerprint density at radius 1 is 1.33 bits per heavy atom. The van der Waals surface area contributed by atoms with Gasteiger partial charge >= 0.3 is 0 Å². The quantitative estimate of drug-likeness (QED) is 0.336. The molecule has 1 fully saturated rings. The second-order valence-corrected chi connectivity index (χ2v) is 7.25. The standard InChI is InChI=1S/C21H35N3O2.HI/c1-5-22-21(24(4)12-9-18-10-13-25-14-11-18)23-16-19-7-6-8-20(15-19)26-17(2)3;/h6-8,15,17-18H,5,9-14,16H2,1-4H3,(H,22,23);1H. The first-order valence-corrected chi connectivity index (χ1v) is 9.91. The van der Waals surface area contributed by atoms with E-state index in [4.69, 9.17) is 14.5 Å². The van der Waals surface area contributed by atoms with E-state index in [-0.39, 0.29) is 30.1 Å². The van der Waals surface area contributed by atoms with Gasteiger partial charge in [-0.2, -0.15) is 0 Å². The highest BCUT2D eigenvalue weighted by Gasteiger charge is 2.15. The van der Waals surface area contributed by atoms with Gasteiger partial charge in [0.15, 0.2) is 5.96 Å². The van der Waals surface area contributed by atoms with E-state index in [1.807, 2.05) is 26.0 Å². The Morgan fingerprint density at radius 2 is 2.07 bits per heavy atom. The number of hydrogen-bond acceptors (Lipinski definition) is 3. The Labute approximate surface area is 181 Å². The lowest BCUT2D eigenvalue weighted by atomic mass is 9.96. The molecule has 1 aromatic carbocycles. The number of halogens is 1. The van der Waals surface area contributed by atoms with Crippen molar-refractivity contribution in [3.8, 4) is 5.75 Å². The first kappa shape index (κ1) is 24.0. The van der Waals surface area contributed by atoms with Crippen LogP contribution in [0.3, 0.4) is 0 Å². The molecule has 27 heavy (non-hydrogen) atoms. The van der Waals surface area contributed by atoms with Crippen LogP contribution in [0.15, 0.2) is 29.3 Å². The molecule has 0 atom stereocenters. The van der Waals surface area contributed by atoms with Crippen LogP contribution in [0, 0.1) is 5.92 Å². The number of guanidine groups is 1. The topological polar surface area (TPSA) is 46.1 Å².